The molecule has 1 saturated carbocycles. The van der Waals surface area contributed by atoms with Crippen molar-refractivity contribution in [2.45, 2.75) is 58.4 Å². The van der Waals surface area contributed by atoms with Gasteiger partial charge in [0.1, 0.15) is 0 Å². The van der Waals surface area contributed by atoms with Gasteiger partial charge in [0.2, 0.25) is 11.9 Å². The summed E-state index contributed by atoms with van der Waals surface area (Å²) in [7, 11) is 0. The highest BCUT2D eigenvalue weighted by molar-refractivity contribution is 5.76. The SMILES string of the molecule is Cc1nc(N2CCOCC2)[nH]c(=O)c1CCC(=O)NC1CCCC(C)C1. The van der Waals surface area contributed by atoms with E-state index in [9.17, 15) is 9.59 Å². The van der Waals surface area contributed by atoms with Crippen molar-refractivity contribution in [3.63, 3.8) is 0 Å². The van der Waals surface area contributed by atoms with Gasteiger partial charge < -0.3 is 15.0 Å². The Hall–Kier alpha value is -1.89. The number of aryl methyl sites for hydroxylation is 1. The van der Waals surface area contributed by atoms with Crippen LogP contribution in [0.5, 0.6) is 0 Å². The first-order valence-electron chi connectivity index (χ1n) is 9.74. The second kappa shape index (κ2) is 8.66. The minimum Gasteiger partial charge on any atom is -0.378 e. The third kappa shape index (κ3) is 4.84. The number of hydrogen-bond acceptors (Lipinski definition) is 5. The lowest BCUT2D eigenvalue weighted by Crippen LogP contribution is -2.39. The third-order valence-corrected chi connectivity index (χ3v) is 5.42. The van der Waals surface area contributed by atoms with Gasteiger partial charge in [-0.2, -0.15) is 0 Å². The molecule has 2 aliphatic rings. The predicted molar refractivity (Wildman–Crippen MR) is 101 cm³/mol. The van der Waals surface area contributed by atoms with Gasteiger partial charge in [-0.25, -0.2) is 4.98 Å². The van der Waals surface area contributed by atoms with Crippen LogP contribution in [-0.2, 0) is 16.0 Å². The molecule has 7 nitrogen and oxygen atoms in total. The lowest BCUT2D eigenvalue weighted by Gasteiger charge is -2.28. The van der Waals surface area contributed by atoms with Gasteiger partial charge in [-0.05, 0) is 32.1 Å². The van der Waals surface area contributed by atoms with Crippen LogP contribution in [0.15, 0.2) is 4.79 Å². The molecule has 1 amide bonds. The Balaban J connectivity index is 1.57. The number of aromatic nitrogens is 2. The van der Waals surface area contributed by atoms with Gasteiger partial charge in [-0.3, -0.25) is 14.6 Å². The van der Waals surface area contributed by atoms with E-state index in [-0.39, 0.29) is 17.5 Å². The van der Waals surface area contributed by atoms with E-state index in [0.29, 0.717) is 49.2 Å². The first-order chi connectivity index (χ1) is 12.5. The van der Waals surface area contributed by atoms with Crippen molar-refractivity contribution in [2.24, 2.45) is 5.92 Å². The van der Waals surface area contributed by atoms with E-state index in [2.05, 4.69) is 22.2 Å². The summed E-state index contributed by atoms with van der Waals surface area (Å²) in [5.41, 5.74) is 1.17. The fourth-order valence-electron chi connectivity index (χ4n) is 3.92. The zero-order valence-electron chi connectivity index (χ0n) is 15.8. The van der Waals surface area contributed by atoms with Crippen LogP contribution in [0.1, 0.15) is 50.3 Å². The largest absolute Gasteiger partial charge is 0.378 e. The molecule has 2 unspecified atom stereocenters. The maximum absolute atomic E-state index is 12.5. The zero-order chi connectivity index (χ0) is 18.5. The van der Waals surface area contributed by atoms with E-state index in [4.69, 9.17) is 4.74 Å². The average Bonchev–Trinajstić information content (AvgIpc) is 2.61. The maximum Gasteiger partial charge on any atom is 0.255 e. The molecular formula is C19H30N4O3. The van der Waals surface area contributed by atoms with Gasteiger partial charge in [-0.15, -0.1) is 0 Å². The number of nitrogens with zero attached hydrogens (tertiary/aromatic N) is 2. The number of nitrogens with one attached hydrogen (secondary N) is 2. The number of carbonyl (C=O) groups is 1. The summed E-state index contributed by atoms with van der Waals surface area (Å²) in [4.78, 5) is 34.2. The normalized spacial score (nSPS) is 23.7. The van der Waals surface area contributed by atoms with Crippen molar-refractivity contribution in [3.8, 4) is 0 Å². The highest BCUT2D eigenvalue weighted by Gasteiger charge is 2.21. The molecule has 0 spiro atoms. The van der Waals surface area contributed by atoms with E-state index in [1.54, 1.807) is 0 Å². The number of amides is 1. The topological polar surface area (TPSA) is 87.3 Å². The molecule has 1 aliphatic carbocycles. The molecule has 0 radical (unpaired) electrons. The molecule has 0 bridgehead atoms. The van der Waals surface area contributed by atoms with Crippen molar-refractivity contribution in [2.75, 3.05) is 31.2 Å². The van der Waals surface area contributed by atoms with Gasteiger partial charge >= 0.3 is 0 Å². The Morgan fingerprint density at radius 2 is 2.12 bits per heavy atom. The fourth-order valence-corrected chi connectivity index (χ4v) is 3.92. The van der Waals surface area contributed by atoms with Gasteiger partial charge in [0.25, 0.3) is 5.56 Å². The van der Waals surface area contributed by atoms with E-state index < -0.39 is 0 Å². The molecule has 2 heterocycles. The summed E-state index contributed by atoms with van der Waals surface area (Å²) >= 11 is 0. The second-order valence-electron chi connectivity index (χ2n) is 7.59. The van der Waals surface area contributed by atoms with Crippen LogP contribution in [0.2, 0.25) is 0 Å². The van der Waals surface area contributed by atoms with Crippen molar-refractivity contribution in [1.29, 1.82) is 0 Å². The van der Waals surface area contributed by atoms with Crippen LogP contribution in [0.25, 0.3) is 0 Å². The van der Waals surface area contributed by atoms with Crippen molar-refractivity contribution in [3.05, 3.63) is 21.6 Å². The number of rotatable bonds is 5. The Labute approximate surface area is 154 Å². The molecule has 3 rings (SSSR count). The Bertz CT molecular complexity index is 682. The van der Waals surface area contributed by atoms with E-state index in [1.165, 1.54) is 12.8 Å². The van der Waals surface area contributed by atoms with Crippen LogP contribution in [0.3, 0.4) is 0 Å². The van der Waals surface area contributed by atoms with E-state index in [0.717, 1.165) is 25.9 Å². The van der Waals surface area contributed by atoms with Gasteiger partial charge in [0.15, 0.2) is 0 Å². The van der Waals surface area contributed by atoms with Crippen molar-refractivity contribution >= 4 is 11.9 Å². The number of ether oxygens (including phenoxy) is 1. The van der Waals surface area contributed by atoms with Gasteiger partial charge in [0, 0.05) is 36.8 Å². The monoisotopic (exact) mass is 362 g/mol. The van der Waals surface area contributed by atoms with Crippen molar-refractivity contribution in [1.82, 2.24) is 15.3 Å². The van der Waals surface area contributed by atoms with Gasteiger partial charge in [-0.1, -0.05) is 19.8 Å². The standard InChI is InChI=1S/C19H30N4O3/c1-13-4-3-5-15(12-13)21-17(24)7-6-16-14(2)20-19(22-18(16)25)23-8-10-26-11-9-23/h13,15H,3-12H2,1-2H3,(H,21,24)(H,20,22,25). The number of H-pyrrole nitrogens is 1. The molecular weight excluding hydrogens is 332 g/mol. The number of anilines is 1. The molecule has 1 aromatic rings. The van der Waals surface area contributed by atoms with Crippen molar-refractivity contribution < 1.29 is 9.53 Å². The summed E-state index contributed by atoms with van der Waals surface area (Å²) in [6.45, 7) is 6.82. The van der Waals surface area contributed by atoms with Gasteiger partial charge in [0.05, 0.1) is 13.2 Å². The van der Waals surface area contributed by atoms with Crippen LogP contribution in [0.4, 0.5) is 5.95 Å². The van der Waals surface area contributed by atoms with Crippen LogP contribution >= 0.6 is 0 Å². The second-order valence-corrected chi connectivity index (χ2v) is 7.59. The number of morpholine rings is 1. The Morgan fingerprint density at radius 1 is 1.35 bits per heavy atom. The molecule has 2 atom stereocenters. The molecule has 1 aromatic heterocycles. The van der Waals surface area contributed by atoms with Crippen LogP contribution < -0.4 is 15.8 Å². The Kier molecular flexibility index (Phi) is 6.29. The molecule has 144 valence electrons. The number of carbonyl (C=O) groups excluding carboxylic acids is 1. The van der Waals surface area contributed by atoms with E-state index in [1.807, 2.05) is 11.8 Å². The number of hydrogen-bond donors (Lipinski definition) is 2. The molecule has 0 aromatic carbocycles. The highest BCUT2D eigenvalue weighted by Crippen LogP contribution is 2.23. The molecule has 1 saturated heterocycles. The third-order valence-electron chi connectivity index (χ3n) is 5.42. The molecule has 26 heavy (non-hydrogen) atoms. The number of aromatic amines is 1. The molecule has 2 N–H and O–H groups in total. The minimum atomic E-state index is -0.141. The van der Waals surface area contributed by atoms with Crippen LogP contribution in [-0.4, -0.2) is 48.2 Å². The lowest BCUT2D eigenvalue weighted by atomic mass is 9.87. The smallest absolute Gasteiger partial charge is 0.255 e. The summed E-state index contributed by atoms with van der Waals surface area (Å²) in [5.74, 6) is 1.30. The summed E-state index contributed by atoms with van der Waals surface area (Å²) in [6, 6.07) is 0.285. The first-order valence-corrected chi connectivity index (χ1v) is 9.74. The first kappa shape index (κ1) is 18.9. The van der Waals surface area contributed by atoms with Crippen LogP contribution in [0, 0.1) is 12.8 Å². The Morgan fingerprint density at radius 3 is 2.81 bits per heavy atom. The molecule has 1 aliphatic heterocycles. The van der Waals surface area contributed by atoms with E-state index >= 15 is 0 Å². The highest BCUT2D eigenvalue weighted by atomic mass is 16.5. The summed E-state index contributed by atoms with van der Waals surface area (Å²) in [6.07, 6.45) is 5.30. The lowest BCUT2D eigenvalue weighted by molar-refractivity contribution is -0.122. The zero-order valence-corrected chi connectivity index (χ0v) is 15.8. The maximum atomic E-state index is 12.5. The summed E-state index contributed by atoms with van der Waals surface area (Å²) in [5, 5.41) is 3.13. The molecule has 7 heteroatoms. The average molecular weight is 362 g/mol. The summed E-state index contributed by atoms with van der Waals surface area (Å²) < 4.78 is 5.33. The molecule has 2 fully saturated rings. The minimum absolute atomic E-state index is 0.0279. The fraction of sp³-hybridized carbons (Fsp3) is 0.737. The predicted octanol–water partition coefficient (Wildman–Crippen LogP) is 1.54. The quantitative estimate of drug-likeness (QED) is 0.830.